The number of imidazole rings is 2. The maximum atomic E-state index is 13.7. The molecule has 16 nitrogen and oxygen atoms in total. The number of carboxylic acid groups (broad SMARTS) is 1. The molecule has 300 valence electrons. The third-order valence-corrected chi connectivity index (χ3v) is 10.4. The summed E-state index contributed by atoms with van der Waals surface area (Å²) in [4.78, 5) is 69.4. The predicted molar refractivity (Wildman–Crippen MR) is 208 cm³/mol. The number of likely N-dealkylation sites (tertiary alicyclic amines) is 1. The van der Waals surface area contributed by atoms with Crippen LogP contribution >= 0.6 is 0 Å². The zero-order valence-corrected chi connectivity index (χ0v) is 33.0. The molecule has 0 bridgehead atoms. The van der Waals surface area contributed by atoms with Crippen LogP contribution in [0.1, 0.15) is 64.3 Å². The smallest absolute Gasteiger partial charge is 0.407 e. The summed E-state index contributed by atoms with van der Waals surface area (Å²) in [7, 11) is 5.54. The minimum Gasteiger partial charge on any atom is -0.465 e. The summed E-state index contributed by atoms with van der Waals surface area (Å²) in [5, 5.41) is 15.2. The van der Waals surface area contributed by atoms with Gasteiger partial charge >= 0.3 is 12.2 Å². The number of carbonyl (C=O) groups excluding carboxylic acids is 3. The Bertz CT molecular complexity index is 1960. The van der Waals surface area contributed by atoms with Crippen molar-refractivity contribution in [3.8, 4) is 33.6 Å². The Morgan fingerprint density at radius 1 is 0.821 bits per heavy atom. The molecule has 2 aromatic carbocycles. The van der Waals surface area contributed by atoms with Crippen LogP contribution in [0.4, 0.5) is 9.59 Å². The van der Waals surface area contributed by atoms with Crippen molar-refractivity contribution in [3.05, 3.63) is 72.6 Å². The molecule has 16 heteroatoms. The van der Waals surface area contributed by atoms with Crippen molar-refractivity contribution < 1.29 is 38.5 Å². The average molecular weight is 773 g/mol. The van der Waals surface area contributed by atoms with Crippen molar-refractivity contribution in [2.45, 2.75) is 76.9 Å². The molecule has 0 radical (unpaired) electrons. The highest BCUT2D eigenvalue weighted by Gasteiger charge is 2.41. The number of hydrogen-bond donors (Lipinski definition) is 5. The molecule has 3 heterocycles. The lowest BCUT2D eigenvalue weighted by atomic mass is 10.0. The maximum Gasteiger partial charge on any atom is 0.407 e. The third kappa shape index (κ3) is 9.20. The van der Waals surface area contributed by atoms with E-state index in [1.165, 1.54) is 28.4 Å². The first-order chi connectivity index (χ1) is 26.8. The molecule has 1 aliphatic rings. The molecule has 4 aromatic rings. The van der Waals surface area contributed by atoms with E-state index in [0.717, 1.165) is 39.3 Å². The van der Waals surface area contributed by atoms with Gasteiger partial charge in [-0.25, -0.2) is 19.6 Å². The summed E-state index contributed by atoms with van der Waals surface area (Å²) in [5.41, 5.74) is 5.26. The van der Waals surface area contributed by atoms with E-state index < -0.39 is 48.4 Å². The molecule has 2 aromatic heterocycles. The largest absolute Gasteiger partial charge is 0.465 e. The monoisotopic (exact) mass is 772 g/mol. The van der Waals surface area contributed by atoms with Gasteiger partial charge in [-0.1, -0.05) is 62.4 Å². The lowest BCUT2D eigenvalue weighted by Gasteiger charge is -2.34. The maximum absolute atomic E-state index is 13.7. The number of nitrogens with zero attached hydrogens (tertiary/aromatic N) is 4. The molecule has 4 amide bonds. The predicted octanol–water partition coefficient (Wildman–Crippen LogP) is 5.38. The summed E-state index contributed by atoms with van der Waals surface area (Å²) in [6.07, 6.45) is 1.94. The van der Waals surface area contributed by atoms with Gasteiger partial charge in [0.25, 0.3) is 0 Å². The van der Waals surface area contributed by atoms with Gasteiger partial charge in [0.2, 0.25) is 11.8 Å². The number of methoxy groups -OCH3 is 3. The van der Waals surface area contributed by atoms with Crippen LogP contribution in [0.25, 0.3) is 33.6 Å². The van der Waals surface area contributed by atoms with Crippen molar-refractivity contribution in [2.24, 2.45) is 5.92 Å². The van der Waals surface area contributed by atoms with E-state index in [0.29, 0.717) is 30.3 Å². The van der Waals surface area contributed by atoms with E-state index in [1.54, 1.807) is 24.9 Å². The van der Waals surface area contributed by atoms with Crippen LogP contribution in [0.15, 0.2) is 60.9 Å². The highest BCUT2D eigenvalue weighted by Crippen LogP contribution is 2.34. The highest BCUT2D eigenvalue weighted by molar-refractivity contribution is 5.87. The standard InChI is InChI=1S/C40H52N8O8/c1-22(2)32(45-37(49)33(23(3)54-6)46-39(51)56-8)36-42-21-30(44-36)28-17-13-26(14-18-28)25-11-15-27(16-12-25)29-20-41-35(43-29)31-10-9-19-48(31)38(50)34(24(4)55-7)47(5)40(52)53/h11-18,20-24,31-34H,9-10,19H2,1-8H3,(H,41,43)(H,42,44)(H,45,49)(H,46,51)(H,52,53)/t23?,24-,31+,32+,33+,34+/m1/s1. The van der Waals surface area contributed by atoms with Crippen molar-refractivity contribution in [3.63, 3.8) is 0 Å². The molecule has 1 fully saturated rings. The lowest BCUT2D eigenvalue weighted by Crippen LogP contribution is -2.54. The van der Waals surface area contributed by atoms with E-state index in [4.69, 9.17) is 24.2 Å². The van der Waals surface area contributed by atoms with Crippen LogP contribution in [0.5, 0.6) is 0 Å². The van der Waals surface area contributed by atoms with Gasteiger partial charge in [0.05, 0.1) is 42.8 Å². The fourth-order valence-corrected chi connectivity index (χ4v) is 6.89. The van der Waals surface area contributed by atoms with Gasteiger partial charge in [-0.2, -0.15) is 0 Å². The molecule has 5 rings (SSSR count). The summed E-state index contributed by atoms with van der Waals surface area (Å²) in [6.45, 7) is 7.81. The molecule has 1 aliphatic heterocycles. The van der Waals surface area contributed by atoms with Gasteiger partial charge in [-0.3, -0.25) is 14.5 Å². The van der Waals surface area contributed by atoms with Gasteiger partial charge in [0.15, 0.2) is 0 Å². The number of nitrogens with one attached hydrogen (secondary N) is 4. The second-order valence-corrected chi connectivity index (χ2v) is 14.3. The average Bonchev–Trinajstić information content (AvgIpc) is 4.00. The minimum absolute atomic E-state index is 0.0231. The second-order valence-electron chi connectivity index (χ2n) is 14.3. The summed E-state index contributed by atoms with van der Waals surface area (Å²) in [5.74, 6) is 0.468. The van der Waals surface area contributed by atoms with E-state index in [-0.39, 0.29) is 17.9 Å². The molecule has 1 saturated heterocycles. The van der Waals surface area contributed by atoms with Crippen molar-refractivity contribution in [1.82, 2.24) is 40.4 Å². The van der Waals surface area contributed by atoms with Crippen LogP contribution in [0.2, 0.25) is 0 Å². The number of alkyl carbamates (subject to hydrolysis) is 1. The van der Waals surface area contributed by atoms with E-state index >= 15 is 0 Å². The Morgan fingerprint density at radius 2 is 1.38 bits per heavy atom. The molecular formula is C40H52N8O8. The summed E-state index contributed by atoms with van der Waals surface area (Å²) in [6, 6.07) is 13.3. The number of aromatic amines is 2. The van der Waals surface area contributed by atoms with Gasteiger partial charge in [-0.15, -0.1) is 0 Å². The quantitative estimate of drug-likeness (QED) is 0.104. The molecule has 0 spiro atoms. The van der Waals surface area contributed by atoms with Crippen LogP contribution in [-0.2, 0) is 23.8 Å². The number of benzene rings is 2. The van der Waals surface area contributed by atoms with Gasteiger partial charge < -0.3 is 44.8 Å². The fourth-order valence-electron chi connectivity index (χ4n) is 6.89. The van der Waals surface area contributed by atoms with Crippen molar-refractivity contribution >= 4 is 24.0 Å². The number of ether oxygens (including phenoxy) is 3. The summed E-state index contributed by atoms with van der Waals surface area (Å²) >= 11 is 0. The zero-order valence-electron chi connectivity index (χ0n) is 33.0. The Labute approximate surface area is 326 Å². The number of aromatic nitrogens is 4. The number of likely N-dealkylation sites (N-methyl/N-ethyl adjacent to an activating group) is 1. The Hall–Kier alpha value is -5.74. The van der Waals surface area contributed by atoms with Crippen LogP contribution < -0.4 is 10.6 Å². The van der Waals surface area contributed by atoms with Gasteiger partial charge in [-0.05, 0) is 43.7 Å². The fraction of sp³-hybridized carbons (Fsp3) is 0.450. The van der Waals surface area contributed by atoms with Crippen LogP contribution in [0.3, 0.4) is 0 Å². The van der Waals surface area contributed by atoms with Crippen molar-refractivity contribution in [1.29, 1.82) is 0 Å². The van der Waals surface area contributed by atoms with Crippen molar-refractivity contribution in [2.75, 3.05) is 34.9 Å². The Kier molecular flexibility index (Phi) is 13.5. The first-order valence-corrected chi connectivity index (χ1v) is 18.6. The lowest BCUT2D eigenvalue weighted by molar-refractivity contribution is -0.141. The highest BCUT2D eigenvalue weighted by atomic mass is 16.5. The normalized spacial score (nSPS) is 16.8. The third-order valence-electron chi connectivity index (χ3n) is 10.4. The first kappa shape index (κ1) is 41.4. The molecule has 56 heavy (non-hydrogen) atoms. The molecular weight excluding hydrogens is 720 g/mol. The van der Waals surface area contributed by atoms with Gasteiger partial charge in [0, 0.05) is 51.3 Å². The molecule has 0 saturated carbocycles. The van der Waals surface area contributed by atoms with E-state index in [1.807, 2.05) is 68.6 Å². The van der Waals surface area contributed by atoms with Gasteiger partial charge in [0.1, 0.15) is 23.7 Å². The topological polar surface area (TPSA) is 204 Å². The molecule has 5 N–H and O–H groups in total. The summed E-state index contributed by atoms with van der Waals surface area (Å²) < 4.78 is 15.4. The molecule has 6 atom stereocenters. The Morgan fingerprint density at radius 3 is 1.91 bits per heavy atom. The van der Waals surface area contributed by atoms with E-state index in [9.17, 15) is 24.3 Å². The number of rotatable bonds is 15. The minimum atomic E-state index is -1.20. The molecule has 0 aliphatic carbocycles. The number of H-pyrrole nitrogens is 2. The van der Waals surface area contributed by atoms with E-state index in [2.05, 4.69) is 20.6 Å². The zero-order chi connectivity index (χ0) is 40.7. The first-order valence-electron chi connectivity index (χ1n) is 18.6. The second kappa shape index (κ2) is 18.3. The SMILES string of the molecule is COC(=O)N[C@H](C(=O)N[C@H](c1nc(-c2ccc(-c3ccc(-c4c[nH]c([C@@H]5CCCN5C(=O)[C@H]([C@@H](C)OC)N(C)C(=O)O)n4)cc3)cc2)c[nH]1)C(C)C)C(C)OC. The number of carbonyl (C=O) groups is 4. The number of hydrogen-bond acceptors (Lipinski definition) is 9. The van der Waals surface area contributed by atoms with Crippen LogP contribution in [-0.4, -0.2) is 118 Å². The molecule has 1 unspecified atom stereocenters. The van der Waals surface area contributed by atoms with Crippen LogP contribution in [0, 0.1) is 5.92 Å². The number of amides is 4. The Balaban J connectivity index is 1.26.